The smallest absolute Gasteiger partial charge is 0.270 e. The van der Waals surface area contributed by atoms with Gasteiger partial charge in [-0.25, -0.2) is 0 Å². The fraction of sp³-hybridized carbons (Fsp3) is 0.600. The standard InChI is InChI=1S/C15H23N3O2.ClH/c1-4-12-13(10(3)19)9(2)17-14(12)15(20)18-6-5-11(7-16)8-18;/h11,17H,4-8,16H2,1-3H3;1H. The number of nitrogens with zero attached hydrogens (tertiary/aromatic N) is 1. The van der Waals surface area contributed by atoms with Crippen LogP contribution in [-0.4, -0.2) is 41.2 Å². The lowest BCUT2D eigenvalue weighted by molar-refractivity contribution is 0.0781. The Morgan fingerprint density at radius 3 is 2.57 bits per heavy atom. The fourth-order valence-electron chi connectivity index (χ4n) is 3.06. The van der Waals surface area contributed by atoms with Crippen molar-refractivity contribution in [2.75, 3.05) is 19.6 Å². The number of aromatic nitrogens is 1. The predicted molar refractivity (Wildman–Crippen MR) is 85.2 cm³/mol. The molecule has 1 aliphatic rings. The van der Waals surface area contributed by atoms with E-state index in [1.807, 2.05) is 18.7 Å². The second-order valence-corrected chi connectivity index (χ2v) is 5.53. The first kappa shape index (κ1) is 17.7. The Bertz CT molecular complexity index is 539. The summed E-state index contributed by atoms with van der Waals surface area (Å²) in [5.74, 6) is 0.400. The number of carbonyl (C=O) groups is 2. The minimum atomic E-state index is -0.00611. The van der Waals surface area contributed by atoms with Crippen LogP contribution in [0.1, 0.15) is 52.4 Å². The van der Waals surface area contributed by atoms with Crippen molar-refractivity contribution in [2.24, 2.45) is 11.7 Å². The predicted octanol–water partition coefficient (Wildman–Crippen LogP) is 1.93. The van der Waals surface area contributed by atoms with Gasteiger partial charge in [0.1, 0.15) is 5.69 Å². The van der Waals surface area contributed by atoms with Gasteiger partial charge >= 0.3 is 0 Å². The maximum absolute atomic E-state index is 12.6. The van der Waals surface area contributed by atoms with Crippen LogP contribution < -0.4 is 5.73 Å². The van der Waals surface area contributed by atoms with E-state index >= 15 is 0 Å². The molecule has 2 heterocycles. The molecule has 1 unspecified atom stereocenters. The summed E-state index contributed by atoms with van der Waals surface area (Å²) in [6.45, 7) is 7.44. The molecule has 1 aromatic rings. The molecule has 1 atom stereocenters. The van der Waals surface area contributed by atoms with Crippen LogP contribution in [0.4, 0.5) is 0 Å². The number of ketones is 1. The summed E-state index contributed by atoms with van der Waals surface area (Å²) in [4.78, 5) is 29.3. The lowest BCUT2D eigenvalue weighted by atomic mass is 10.0. The van der Waals surface area contributed by atoms with Gasteiger partial charge in [-0.2, -0.15) is 0 Å². The van der Waals surface area contributed by atoms with Crippen LogP contribution in [0.15, 0.2) is 0 Å². The fourth-order valence-corrected chi connectivity index (χ4v) is 3.06. The van der Waals surface area contributed by atoms with E-state index in [-0.39, 0.29) is 24.1 Å². The molecule has 21 heavy (non-hydrogen) atoms. The van der Waals surface area contributed by atoms with Gasteiger partial charge in [0.2, 0.25) is 0 Å². The van der Waals surface area contributed by atoms with Crippen LogP contribution in [0.2, 0.25) is 0 Å². The number of rotatable bonds is 4. The zero-order valence-corrected chi connectivity index (χ0v) is 13.7. The third-order valence-corrected chi connectivity index (χ3v) is 4.12. The lowest BCUT2D eigenvalue weighted by Crippen LogP contribution is -2.30. The first-order valence-electron chi connectivity index (χ1n) is 7.21. The van der Waals surface area contributed by atoms with Crippen LogP contribution in [0.5, 0.6) is 0 Å². The summed E-state index contributed by atoms with van der Waals surface area (Å²) in [6.07, 6.45) is 1.64. The van der Waals surface area contributed by atoms with E-state index in [4.69, 9.17) is 5.73 Å². The second kappa shape index (κ2) is 7.09. The van der Waals surface area contributed by atoms with Crippen molar-refractivity contribution < 1.29 is 9.59 Å². The molecule has 6 heteroatoms. The molecule has 0 radical (unpaired) electrons. The van der Waals surface area contributed by atoms with Crippen molar-refractivity contribution in [2.45, 2.75) is 33.6 Å². The van der Waals surface area contributed by atoms with E-state index in [0.717, 1.165) is 24.2 Å². The molecule has 5 nitrogen and oxygen atoms in total. The van der Waals surface area contributed by atoms with Crippen molar-refractivity contribution in [3.8, 4) is 0 Å². The van der Waals surface area contributed by atoms with Gasteiger partial charge in [0.25, 0.3) is 5.91 Å². The molecular weight excluding hydrogens is 290 g/mol. The van der Waals surface area contributed by atoms with E-state index in [9.17, 15) is 9.59 Å². The number of halogens is 1. The van der Waals surface area contributed by atoms with Gasteiger partial charge in [0.05, 0.1) is 0 Å². The highest BCUT2D eigenvalue weighted by Gasteiger charge is 2.29. The van der Waals surface area contributed by atoms with Crippen molar-refractivity contribution in [1.29, 1.82) is 0 Å². The van der Waals surface area contributed by atoms with Crippen molar-refractivity contribution in [3.05, 3.63) is 22.5 Å². The molecular formula is C15H24ClN3O2. The zero-order valence-electron chi connectivity index (χ0n) is 12.9. The maximum atomic E-state index is 12.6. The topological polar surface area (TPSA) is 79.2 Å². The molecule has 118 valence electrons. The number of H-pyrrole nitrogens is 1. The van der Waals surface area contributed by atoms with E-state index in [1.54, 1.807) is 6.92 Å². The normalized spacial score (nSPS) is 17.7. The Morgan fingerprint density at radius 2 is 2.10 bits per heavy atom. The van der Waals surface area contributed by atoms with Crippen LogP contribution >= 0.6 is 12.4 Å². The first-order valence-corrected chi connectivity index (χ1v) is 7.21. The molecule has 1 saturated heterocycles. The number of amides is 1. The van der Waals surface area contributed by atoms with Gasteiger partial charge in [-0.15, -0.1) is 12.4 Å². The molecule has 1 amide bonds. The summed E-state index contributed by atoms with van der Waals surface area (Å²) in [5.41, 5.74) is 8.55. The van der Waals surface area contributed by atoms with Crippen molar-refractivity contribution in [1.82, 2.24) is 9.88 Å². The monoisotopic (exact) mass is 313 g/mol. The second-order valence-electron chi connectivity index (χ2n) is 5.53. The third-order valence-electron chi connectivity index (χ3n) is 4.12. The van der Waals surface area contributed by atoms with Crippen LogP contribution in [0.25, 0.3) is 0 Å². The quantitative estimate of drug-likeness (QED) is 0.834. The molecule has 1 fully saturated rings. The van der Waals surface area contributed by atoms with Gasteiger partial charge in [0.15, 0.2) is 5.78 Å². The highest BCUT2D eigenvalue weighted by Crippen LogP contribution is 2.24. The number of Topliss-reactive ketones (excluding diaryl/α,β-unsaturated/α-hetero) is 1. The minimum Gasteiger partial charge on any atom is -0.354 e. The Kier molecular flexibility index (Phi) is 5.98. The molecule has 2 rings (SSSR count). The summed E-state index contributed by atoms with van der Waals surface area (Å²) < 4.78 is 0. The van der Waals surface area contributed by atoms with E-state index in [2.05, 4.69) is 4.98 Å². The van der Waals surface area contributed by atoms with E-state index in [0.29, 0.717) is 36.7 Å². The first-order chi connectivity index (χ1) is 9.49. The Morgan fingerprint density at radius 1 is 1.43 bits per heavy atom. The van der Waals surface area contributed by atoms with E-state index < -0.39 is 0 Å². The SMILES string of the molecule is CCc1c(C(=O)N2CCC(CN)C2)[nH]c(C)c1C(C)=O.Cl. The Hall–Kier alpha value is -1.33. The van der Waals surface area contributed by atoms with Gasteiger partial charge < -0.3 is 15.6 Å². The number of nitrogens with one attached hydrogen (secondary N) is 1. The number of nitrogens with two attached hydrogens (primary N) is 1. The summed E-state index contributed by atoms with van der Waals surface area (Å²) >= 11 is 0. The van der Waals surface area contributed by atoms with Crippen molar-refractivity contribution in [3.63, 3.8) is 0 Å². The molecule has 1 aliphatic heterocycles. The minimum absolute atomic E-state index is 0. The summed E-state index contributed by atoms with van der Waals surface area (Å²) in [5, 5.41) is 0. The number of aromatic amines is 1. The van der Waals surface area contributed by atoms with E-state index in [1.165, 1.54) is 0 Å². The molecule has 0 aromatic carbocycles. The maximum Gasteiger partial charge on any atom is 0.270 e. The lowest BCUT2D eigenvalue weighted by Gasteiger charge is -2.16. The number of likely N-dealkylation sites (tertiary alicyclic amines) is 1. The van der Waals surface area contributed by atoms with Crippen molar-refractivity contribution >= 4 is 24.1 Å². The van der Waals surface area contributed by atoms with Gasteiger partial charge in [-0.05, 0) is 44.7 Å². The molecule has 0 saturated carbocycles. The average molecular weight is 314 g/mol. The van der Waals surface area contributed by atoms with Crippen LogP contribution in [0.3, 0.4) is 0 Å². The highest BCUT2D eigenvalue weighted by atomic mass is 35.5. The van der Waals surface area contributed by atoms with Gasteiger partial charge in [-0.3, -0.25) is 9.59 Å². The van der Waals surface area contributed by atoms with Crippen LogP contribution in [-0.2, 0) is 6.42 Å². The molecule has 0 bridgehead atoms. The Balaban J connectivity index is 0.00000220. The number of carbonyl (C=O) groups excluding carboxylic acids is 2. The molecule has 0 aliphatic carbocycles. The largest absolute Gasteiger partial charge is 0.354 e. The highest BCUT2D eigenvalue weighted by molar-refractivity contribution is 6.02. The average Bonchev–Trinajstić information content (AvgIpc) is 3.01. The zero-order chi connectivity index (χ0) is 14.9. The summed E-state index contributed by atoms with van der Waals surface area (Å²) in [7, 11) is 0. The van der Waals surface area contributed by atoms with Gasteiger partial charge in [0, 0.05) is 24.3 Å². The number of hydrogen-bond acceptors (Lipinski definition) is 3. The van der Waals surface area contributed by atoms with Crippen LogP contribution in [0, 0.1) is 12.8 Å². The third kappa shape index (κ3) is 3.30. The molecule has 1 aromatic heterocycles. The molecule has 0 spiro atoms. The molecule has 3 N–H and O–H groups in total. The number of hydrogen-bond donors (Lipinski definition) is 2. The summed E-state index contributed by atoms with van der Waals surface area (Å²) in [6, 6.07) is 0. The van der Waals surface area contributed by atoms with Gasteiger partial charge in [-0.1, -0.05) is 6.92 Å². The Labute approximate surface area is 131 Å². The number of aryl methyl sites for hydroxylation is 1.